The molecule has 1 amide bonds. The Bertz CT molecular complexity index is 958. The second-order valence-corrected chi connectivity index (χ2v) is 5.54. The molecule has 0 unspecified atom stereocenters. The lowest BCUT2D eigenvalue weighted by Crippen LogP contribution is -2.25. The van der Waals surface area contributed by atoms with Gasteiger partial charge in [-0.1, -0.05) is 48.5 Å². The molecule has 3 aromatic rings. The zero-order chi connectivity index (χ0) is 17.6. The number of amides is 1. The first-order valence-corrected chi connectivity index (χ1v) is 7.73. The molecule has 0 saturated heterocycles. The summed E-state index contributed by atoms with van der Waals surface area (Å²) in [4.78, 5) is 17.3. The number of hydrogen-bond acceptors (Lipinski definition) is 3. The molecule has 0 saturated carbocycles. The maximum atomic E-state index is 13.1. The third-order valence-electron chi connectivity index (χ3n) is 3.84. The zero-order valence-electron chi connectivity index (χ0n) is 13.3. The van der Waals surface area contributed by atoms with Crippen molar-refractivity contribution in [2.24, 2.45) is 0 Å². The van der Waals surface area contributed by atoms with Gasteiger partial charge in [-0.3, -0.25) is 9.63 Å². The second kappa shape index (κ2) is 7.56. The fourth-order valence-electron chi connectivity index (χ4n) is 2.63. The van der Waals surface area contributed by atoms with Crippen LogP contribution in [0, 0.1) is 17.1 Å². The number of fused-ring (bicyclic) bond motifs is 1. The molecular formula is C20H15FN2O2. The number of carbonyl (C=O) groups is 1. The van der Waals surface area contributed by atoms with Crippen LogP contribution in [0.5, 0.6) is 0 Å². The lowest BCUT2D eigenvalue weighted by molar-refractivity contribution is -0.133. The summed E-state index contributed by atoms with van der Waals surface area (Å²) in [5.41, 5.74) is 3.96. The van der Waals surface area contributed by atoms with Crippen molar-refractivity contribution in [1.82, 2.24) is 5.48 Å². The first-order valence-electron chi connectivity index (χ1n) is 7.73. The van der Waals surface area contributed by atoms with Gasteiger partial charge in [0.1, 0.15) is 12.4 Å². The summed E-state index contributed by atoms with van der Waals surface area (Å²) in [5, 5.41) is 11.1. The average molecular weight is 334 g/mol. The minimum Gasteiger partial charge on any atom is -0.272 e. The maximum Gasteiger partial charge on any atom is 0.247 e. The largest absolute Gasteiger partial charge is 0.272 e. The van der Waals surface area contributed by atoms with Crippen LogP contribution in [0.15, 0.2) is 60.7 Å². The smallest absolute Gasteiger partial charge is 0.247 e. The van der Waals surface area contributed by atoms with E-state index in [1.807, 2.05) is 48.5 Å². The highest BCUT2D eigenvalue weighted by molar-refractivity contribution is 5.89. The fraction of sp³-hybridized carbons (Fsp3) is 0.100. The van der Waals surface area contributed by atoms with Crippen LogP contribution in [0.3, 0.4) is 0 Å². The Morgan fingerprint density at radius 2 is 1.88 bits per heavy atom. The summed E-state index contributed by atoms with van der Waals surface area (Å²) in [6.07, 6.45) is 0.176. The Labute approximate surface area is 144 Å². The summed E-state index contributed by atoms with van der Waals surface area (Å²) in [7, 11) is 0. The van der Waals surface area contributed by atoms with Crippen LogP contribution in [-0.4, -0.2) is 5.91 Å². The Hall–Kier alpha value is -3.23. The predicted octanol–water partition coefficient (Wildman–Crippen LogP) is 3.64. The Balaban J connectivity index is 1.61. The first-order chi connectivity index (χ1) is 12.2. The molecule has 0 heterocycles. The molecule has 4 nitrogen and oxygen atoms in total. The molecule has 0 radical (unpaired) electrons. The van der Waals surface area contributed by atoms with Gasteiger partial charge in [-0.25, -0.2) is 9.87 Å². The number of carbonyl (C=O) groups excluding carboxylic acids is 1. The lowest BCUT2D eigenvalue weighted by atomic mass is 10.0. The molecule has 0 aliphatic rings. The van der Waals surface area contributed by atoms with Crippen molar-refractivity contribution in [3.8, 4) is 6.07 Å². The van der Waals surface area contributed by atoms with Gasteiger partial charge in [0.05, 0.1) is 18.1 Å². The molecule has 3 aromatic carbocycles. The number of hydrogen-bond donors (Lipinski definition) is 1. The van der Waals surface area contributed by atoms with Crippen molar-refractivity contribution in [1.29, 1.82) is 5.26 Å². The van der Waals surface area contributed by atoms with E-state index in [9.17, 15) is 9.18 Å². The van der Waals surface area contributed by atoms with E-state index in [0.29, 0.717) is 5.56 Å². The van der Waals surface area contributed by atoms with Crippen LogP contribution < -0.4 is 5.48 Å². The van der Waals surface area contributed by atoms with Crippen LogP contribution in [0.4, 0.5) is 4.39 Å². The number of nitriles is 1. The second-order valence-electron chi connectivity index (χ2n) is 5.54. The number of hydroxylamine groups is 1. The van der Waals surface area contributed by atoms with Crippen molar-refractivity contribution in [3.63, 3.8) is 0 Å². The molecule has 25 heavy (non-hydrogen) atoms. The molecule has 3 rings (SSSR count). The van der Waals surface area contributed by atoms with Gasteiger partial charge in [0.2, 0.25) is 5.91 Å². The van der Waals surface area contributed by atoms with E-state index in [1.54, 1.807) is 0 Å². The standard InChI is InChI=1S/C20H15FN2O2/c21-18-9-8-16(17(10-18)12-22)13-25-23-20(24)11-15-6-3-5-14-4-1-2-7-19(14)15/h1-10H,11,13H2,(H,23,24). The van der Waals surface area contributed by atoms with E-state index in [2.05, 4.69) is 5.48 Å². The van der Waals surface area contributed by atoms with Gasteiger partial charge in [0, 0.05) is 0 Å². The molecule has 0 aliphatic carbocycles. The summed E-state index contributed by atoms with van der Waals surface area (Å²) in [6, 6.07) is 19.4. The van der Waals surface area contributed by atoms with Gasteiger partial charge in [-0.05, 0) is 34.0 Å². The minimum atomic E-state index is -0.486. The normalized spacial score (nSPS) is 10.4. The molecule has 0 aromatic heterocycles. The third-order valence-corrected chi connectivity index (χ3v) is 3.84. The van der Waals surface area contributed by atoms with Gasteiger partial charge < -0.3 is 0 Å². The molecule has 124 valence electrons. The summed E-state index contributed by atoms with van der Waals surface area (Å²) in [6.45, 7) is -0.00947. The van der Waals surface area contributed by atoms with Crippen LogP contribution in [0.1, 0.15) is 16.7 Å². The molecule has 0 fully saturated rings. The molecule has 0 spiro atoms. The summed E-state index contributed by atoms with van der Waals surface area (Å²) >= 11 is 0. The number of rotatable bonds is 5. The Morgan fingerprint density at radius 1 is 1.08 bits per heavy atom. The molecule has 0 aliphatic heterocycles. The van der Waals surface area contributed by atoms with Gasteiger partial charge in [-0.2, -0.15) is 5.26 Å². The Morgan fingerprint density at radius 3 is 2.72 bits per heavy atom. The van der Waals surface area contributed by atoms with Crippen LogP contribution in [-0.2, 0) is 22.7 Å². The third kappa shape index (κ3) is 4.00. The van der Waals surface area contributed by atoms with E-state index in [4.69, 9.17) is 10.1 Å². The van der Waals surface area contributed by atoms with Gasteiger partial charge >= 0.3 is 0 Å². The monoisotopic (exact) mass is 334 g/mol. The lowest BCUT2D eigenvalue weighted by Gasteiger charge is -2.09. The number of benzene rings is 3. The van der Waals surface area contributed by atoms with E-state index in [1.165, 1.54) is 12.1 Å². The highest BCUT2D eigenvalue weighted by atomic mass is 19.1. The molecular weight excluding hydrogens is 319 g/mol. The Kier molecular flexibility index (Phi) is 5.03. The molecule has 0 bridgehead atoms. The van der Waals surface area contributed by atoms with Crippen LogP contribution >= 0.6 is 0 Å². The van der Waals surface area contributed by atoms with Crippen LogP contribution in [0.25, 0.3) is 10.8 Å². The molecule has 0 atom stereocenters. The van der Waals surface area contributed by atoms with Gasteiger partial charge in [-0.15, -0.1) is 0 Å². The van der Waals surface area contributed by atoms with E-state index < -0.39 is 5.82 Å². The van der Waals surface area contributed by atoms with Crippen molar-refractivity contribution in [2.75, 3.05) is 0 Å². The van der Waals surface area contributed by atoms with Gasteiger partial charge in [0.15, 0.2) is 0 Å². The van der Waals surface area contributed by atoms with E-state index >= 15 is 0 Å². The SMILES string of the molecule is N#Cc1cc(F)ccc1CONC(=O)Cc1cccc2ccccc12. The van der Waals surface area contributed by atoms with Crippen molar-refractivity contribution < 1.29 is 14.0 Å². The predicted molar refractivity (Wildman–Crippen MR) is 91.7 cm³/mol. The number of nitrogens with zero attached hydrogens (tertiary/aromatic N) is 1. The minimum absolute atomic E-state index is 0.00947. The molecule has 5 heteroatoms. The molecule has 1 N–H and O–H groups in total. The zero-order valence-corrected chi connectivity index (χ0v) is 13.3. The highest BCUT2D eigenvalue weighted by Crippen LogP contribution is 2.19. The highest BCUT2D eigenvalue weighted by Gasteiger charge is 2.08. The number of nitrogens with one attached hydrogen (secondary N) is 1. The fourth-order valence-corrected chi connectivity index (χ4v) is 2.63. The summed E-state index contributed by atoms with van der Waals surface area (Å²) in [5.74, 6) is -0.780. The average Bonchev–Trinajstić information content (AvgIpc) is 2.63. The van der Waals surface area contributed by atoms with E-state index in [0.717, 1.165) is 22.4 Å². The first kappa shape index (κ1) is 16.6. The number of halogens is 1. The quantitative estimate of drug-likeness (QED) is 0.725. The van der Waals surface area contributed by atoms with Crippen molar-refractivity contribution in [3.05, 3.63) is 83.2 Å². The maximum absolute atomic E-state index is 13.1. The van der Waals surface area contributed by atoms with Gasteiger partial charge in [0.25, 0.3) is 0 Å². The summed E-state index contributed by atoms with van der Waals surface area (Å²) < 4.78 is 13.1. The van der Waals surface area contributed by atoms with Crippen LogP contribution in [0.2, 0.25) is 0 Å². The van der Waals surface area contributed by atoms with Crippen molar-refractivity contribution >= 4 is 16.7 Å². The van der Waals surface area contributed by atoms with Crippen molar-refractivity contribution in [2.45, 2.75) is 13.0 Å². The van der Waals surface area contributed by atoms with E-state index in [-0.39, 0.29) is 24.5 Å². The topological polar surface area (TPSA) is 62.1 Å².